The molecular formula is C29H33N9O2S. The highest BCUT2D eigenvalue weighted by Gasteiger charge is 2.22. The van der Waals surface area contributed by atoms with Crippen molar-refractivity contribution in [3.05, 3.63) is 58.2 Å². The minimum atomic E-state index is -0.0695. The van der Waals surface area contributed by atoms with Crippen molar-refractivity contribution in [3.8, 4) is 17.7 Å². The van der Waals surface area contributed by atoms with Crippen LogP contribution < -0.4 is 15.4 Å². The number of anilines is 1. The quantitative estimate of drug-likeness (QED) is 0.265. The van der Waals surface area contributed by atoms with Crippen LogP contribution in [0.3, 0.4) is 0 Å². The van der Waals surface area contributed by atoms with Crippen molar-refractivity contribution in [1.29, 1.82) is 5.26 Å². The number of nitrogens with zero attached hydrogens (tertiary/aromatic N) is 7. The molecule has 1 amide bonds. The van der Waals surface area contributed by atoms with Gasteiger partial charge in [-0.25, -0.2) is 9.67 Å². The fourth-order valence-electron chi connectivity index (χ4n) is 4.98. The average molecular weight is 572 g/mol. The molecule has 0 aliphatic carbocycles. The van der Waals surface area contributed by atoms with E-state index in [1.165, 1.54) is 6.08 Å². The number of carbonyl (C=O) groups is 1. The summed E-state index contributed by atoms with van der Waals surface area (Å²) in [4.78, 5) is 24.6. The number of likely N-dealkylation sites (N-methyl/N-ethyl adjacent to an activating group) is 1. The van der Waals surface area contributed by atoms with Gasteiger partial charge in [0, 0.05) is 38.3 Å². The second-order valence-corrected chi connectivity index (χ2v) is 11.0. The monoisotopic (exact) mass is 571 g/mol. The molecule has 3 aromatic heterocycles. The predicted molar refractivity (Wildman–Crippen MR) is 159 cm³/mol. The summed E-state index contributed by atoms with van der Waals surface area (Å²) >= 11 is 1.56. The second-order valence-electron chi connectivity index (χ2n) is 10.1. The van der Waals surface area contributed by atoms with Crippen LogP contribution in [0.4, 0.5) is 5.95 Å². The number of hydrogen-bond acceptors (Lipinski definition) is 10. The molecular weight excluding hydrogens is 538 g/mol. The molecule has 0 unspecified atom stereocenters. The number of likely N-dealkylation sites (tertiary alicyclic amines) is 1. The van der Waals surface area contributed by atoms with Gasteiger partial charge in [0.25, 0.3) is 0 Å². The van der Waals surface area contributed by atoms with Gasteiger partial charge in [-0.15, -0.1) is 16.4 Å². The van der Waals surface area contributed by atoms with E-state index in [0.717, 1.165) is 64.3 Å². The lowest BCUT2D eigenvalue weighted by atomic mass is 10.1. The first kappa shape index (κ1) is 28.2. The standard InChI is InChI=1S/C29H33N9O2S/c1-4-31-25(39)18-38-17-23(35-36-38)16-37-11-7-22(8-12-37)32-29-33-27(24-9-13-41-28(24)34-29)40-26-19(2)14-21(6-5-10-30)15-20(26)3/h5-6,9,13-15,17,22H,4,7-8,11-12,16,18H2,1-3H3,(H,31,39)(H,32,33,34)/b6-5+. The van der Waals surface area contributed by atoms with E-state index in [1.807, 2.05) is 56.6 Å². The van der Waals surface area contributed by atoms with Gasteiger partial charge in [-0.1, -0.05) is 5.21 Å². The van der Waals surface area contributed by atoms with Gasteiger partial charge in [-0.3, -0.25) is 9.69 Å². The second kappa shape index (κ2) is 12.9. The first-order valence-electron chi connectivity index (χ1n) is 13.7. The Kier molecular flexibility index (Phi) is 8.86. The smallest absolute Gasteiger partial charge is 0.241 e. The molecule has 0 saturated carbocycles. The van der Waals surface area contributed by atoms with Gasteiger partial charge in [0.2, 0.25) is 17.7 Å². The van der Waals surface area contributed by atoms with E-state index in [0.29, 0.717) is 24.9 Å². The maximum Gasteiger partial charge on any atom is 0.241 e. The minimum absolute atomic E-state index is 0.0695. The van der Waals surface area contributed by atoms with Crippen LogP contribution in [0.1, 0.15) is 42.1 Å². The first-order chi connectivity index (χ1) is 19.9. The van der Waals surface area contributed by atoms with Crippen LogP contribution in [0, 0.1) is 25.2 Å². The number of carbonyl (C=O) groups excluding carboxylic acids is 1. The highest BCUT2D eigenvalue weighted by molar-refractivity contribution is 7.16. The topological polar surface area (TPSA) is 134 Å². The van der Waals surface area contributed by atoms with E-state index < -0.39 is 0 Å². The molecule has 0 radical (unpaired) electrons. The molecule has 1 aliphatic rings. The summed E-state index contributed by atoms with van der Waals surface area (Å²) in [7, 11) is 0. The maximum absolute atomic E-state index is 11.8. The van der Waals surface area contributed by atoms with Crippen LogP contribution in [-0.2, 0) is 17.9 Å². The fraction of sp³-hybridized carbons (Fsp3) is 0.379. The van der Waals surface area contributed by atoms with Crippen molar-refractivity contribution in [1.82, 2.24) is 35.2 Å². The number of thiophene rings is 1. The number of hydrogen-bond donors (Lipinski definition) is 2. The largest absolute Gasteiger partial charge is 0.438 e. The summed E-state index contributed by atoms with van der Waals surface area (Å²) in [6, 6.07) is 8.25. The van der Waals surface area contributed by atoms with Crippen LogP contribution in [0.25, 0.3) is 16.3 Å². The van der Waals surface area contributed by atoms with Gasteiger partial charge in [0.05, 0.1) is 23.3 Å². The molecule has 41 heavy (non-hydrogen) atoms. The van der Waals surface area contributed by atoms with Gasteiger partial charge < -0.3 is 15.4 Å². The molecule has 1 saturated heterocycles. The molecule has 4 heterocycles. The molecule has 4 aromatic rings. The summed E-state index contributed by atoms with van der Waals surface area (Å²) in [5.41, 5.74) is 3.75. The van der Waals surface area contributed by atoms with Gasteiger partial charge >= 0.3 is 0 Å². The zero-order valence-electron chi connectivity index (χ0n) is 23.4. The Morgan fingerprint density at radius 2 is 2.02 bits per heavy atom. The zero-order chi connectivity index (χ0) is 28.8. The number of nitriles is 1. The number of fused-ring (bicyclic) bond motifs is 1. The summed E-state index contributed by atoms with van der Waals surface area (Å²) in [5.74, 6) is 1.77. The Labute approximate surface area is 242 Å². The zero-order valence-corrected chi connectivity index (χ0v) is 24.2. The van der Waals surface area contributed by atoms with Crippen LogP contribution in [0.2, 0.25) is 0 Å². The summed E-state index contributed by atoms with van der Waals surface area (Å²) < 4.78 is 7.98. The van der Waals surface area contributed by atoms with Crippen molar-refractivity contribution < 1.29 is 9.53 Å². The average Bonchev–Trinajstić information content (AvgIpc) is 3.60. The molecule has 11 nitrogen and oxygen atoms in total. The Bertz CT molecular complexity index is 1570. The first-order valence-corrected chi connectivity index (χ1v) is 14.5. The van der Waals surface area contributed by atoms with E-state index in [1.54, 1.807) is 22.1 Å². The van der Waals surface area contributed by atoms with Crippen molar-refractivity contribution in [3.63, 3.8) is 0 Å². The molecule has 12 heteroatoms. The van der Waals surface area contributed by atoms with Gasteiger partial charge in [0.1, 0.15) is 17.1 Å². The number of aryl methyl sites for hydroxylation is 2. The number of piperidine rings is 1. The van der Waals surface area contributed by atoms with Crippen LogP contribution in [-0.4, -0.2) is 61.4 Å². The number of aromatic nitrogens is 5. The van der Waals surface area contributed by atoms with Crippen LogP contribution >= 0.6 is 11.3 Å². The van der Waals surface area contributed by atoms with Crippen LogP contribution in [0.5, 0.6) is 11.6 Å². The number of rotatable bonds is 10. The highest BCUT2D eigenvalue weighted by atomic mass is 32.1. The highest BCUT2D eigenvalue weighted by Crippen LogP contribution is 2.35. The Hall–Kier alpha value is -4.34. The lowest BCUT2D eigenvalue weighted by Gasteiger charge is -2.31. The molecule has 1 fully saturated rings. The summed E-state index contributed by atoms with van der Waals surface area (Å²) in [6.45, 7) is 9.15. The van der Waals surface area contributed by atoms with Crippen molar-refractivity contribution >= 4 is 39.5 Å². The molecule has 5 rings (SSSR count). The van der Waals surface area contributed by atoms with Crippen LogP contribution in [0.15, 0.2) is 35.9 Å². The minimum Gasteiger partial charge on any atom is -0.438 e. The number of benzene rings is 1. The third-order valence-corrected chi connectivity index (χ3v) is 7.70. The van der Waals surface area contributed by atoms with E-state index in [9.17, 15) is 4.79 Å². The molecule has 212 valence electrons. The number of ether oxygens (including phenoxy) is 1. The fourth-order valence-corrected chi connectivity index (χ4v) is 5.73. The normalized spacial score (nSPS) is 14.4. The van der Waals surface area contributed by atoms with Gasteiger partial charge in [-0.2, -0.15) is 10.2 Å². The lowest BCUT2D eigenvalue weighted by Crippen LogP contribution is -2.39. The van der Waals surface area contributed by atoms with E-state index >= 15 is 0 Å². The Balaban J connectivity index is 1.22. The van der Waals surface area contributed by atoms with E-state index in [-0.39, 0.29) is 18.5 Å². The lowest BCUT2D eigenvalue weighted by molar-refractivity contribution is -0.121. The number of amides is 1. The SMILES string of the molecule is CCNC(=O)Cn1cc(CN2CCC(Nc3nc(Oc4c(C)cc(/C=C/C#N)cc4C)c4ccsc4n3)CC2)nn1. The molecule has 0 atom stereocenters. The van der Waals surface area contributed by atoms with Crippen molar-refractivity contribution in [2.45, 2.75) is 52.7 Å². The van der Waals surface area contributed by atoms with Gasteiger partial charge in [-0.05, 0) is 80.0 Å². The van der Waals surface area contributed by atoms with Crippen molar-refractivity contribution in [2.24, 2.45) is 0 Å². The van der Waals surface area contributed by atoms with Gasteiger partial charge in [0.15, 0.2) is 0 Å². The summed E-state index contributed by atoms with van der Waals surface area (Å²) in [5, 5.41) is 26.4. The Morgan fingerprint density at radius 3 is 2.76 bits per heavy atom. The van der Waals surface area contributed by atoms with E-state index in [4.69, 9.17) is 20.0 Å². The maximum atomic E-state index is 11.8. The molecule has 0 spiro atoms. The molecule has 1 aliphatic heterocycles. The third kappa shape index (κ3) is 7.06. The molecule has 2 N–H and O–H groups in total. The number of allylic oxidation sites excluding steroid dienone is 1. The third-order valence-electron chi connectivity index (χ3n) is 6.89. The summed E-state index contributed by atoms with van der Waals surface area (Å²) in [6.07, 6.45) is 6.97. The molecule has 0 bridgehead atoms. The molecule has 1 aromatic carbocycles. The van der Waals surface area contributed by atoms with E-state index in [2.05, 4.69) is 25.8 Å². The Morgan fingerprint density at radius 1 is 1.24 bits per heavy atom. The number of nitrogens with one attached hydrogen (secondary N) is 2. The van der Waals surface area contributed by atoms with Crippen molar-refractivity contribution in [2.75, 3.05) is 25.0 Å². The predicted octanol–water partition coefficient (Wildman–Crippen LogP) is 4.44.